The summed E-state index contributed by atoms with van der Waals surface area (Å²) in [6, 6.07) is 14.8. The van der Waals surface area contributed by atoms with Crippen LogP contribution in [0.5, 0.6) is 0 Å². The molecule has 0 aliphatic carbocycles. The van der Waals surface area contributed by atoms with E-state index < -0.39 is 42.6 Å². The Labute approximate surface area is 190 Å². The molecule has 1 aliphatic heterocycles. The molecule has 0 radical (unpaired) electrons. The molecule has 3 rings (SSSR count). The SMILES string of the molecule is CCC[C@H](C#N)N1C(=O)[C@H](CC(=O)O)O[C@@H](c2cccc(Cl)c2)[C@H]1c1ccc(Cl)cc1. The summed E-state index contributed by atoms with van der Waals surface area (Å²) in [5.74, 6) is -1.67. The van der Waals surface area contributed by atoms with Crippen LogP contribution in [0.3, 0.4) is 0 Å². The molecule has 1 N–H and O–H groups in total. The smallest absolute Gasteiger partial charge is 0.306 e. The van der Waals surface area contributed by atoms with Crippen LogP contribution in [0.1, 0.15) is 49.5 Å². The molecule has 0 unspecified atom stereocenters. The van der Waals surface area contributed by atoms with E-state index in [1.54, 1.807) is 42.5 Å². The molecule has 0 saturated carbocycles. The fraction of sp³-hybridized carbons (Fsp3) is 0.348. The van der Waals surface area contributed by atoms with Crippen molar-refractivity contribution in [1.29, 1.82) is 5.26 Å². The topological polar surface area (TPSA) is 90.6 Å². The van der Waals surface area contributed by atoms with Crippen molar-refractivity contribution in [1.82, 2.24) is 4.90 Å². The van der Waals surface area contributed by atoms with E-state index >= 15 is 0 Å². The van der Waals surface area contributed by atoms with Gasteiger partial charge in [-0.25, -0.2) is 0 Å². The summed E-state index contributed by atoms with van der Waals surface area (Å²) in [4.78, 5) is 26.3. The molecule has 1 amide bonds. The number of nitriles is 1. The van der Waals surface area contributed by atoms with Crippen molar-refractivity contribution in [2.75, 3.05) is 0 Å². The number of rotatable bonds is 7. The Morgan fingerprint density at radius 2 is 1.90 bits per heavy atom. The highest BCUT2D eigenvalue weighted by Crippen LogP contribution is 2.44. The van der Waals surface area contributed by atoms with Gasteiger partial charge < -0.3 is 14.7 Å². The van der Waals surface area contributed by atoms with Crippen LogP contribution in [0.4, 0.5) is 0 Å². The maximum atomic E-state index is 13.4. The molecule has 6 nitrogen and oxygen atoms in total. The molecule has 2 aromatic carbocycles. The number of halogens is 2. The average Bonchev–Trinajstić information content (AvgIpc) is 2.74. The molecular weight excluding hydrogens is 439 g/mol. The van der Waals surface area contributed by atoms with Gasteiger partial charge in [0, 0.05) is 10.0 Å². The van der Waals surface area contributed by atoms with E-state index in [2.05, 4.69) is 6.07 Å². The van der Waals surface area contributed by atoms with Crippen molar-refractivity contribution in [2.24, 2.45) is 0 Å². The third kappa shape index (κ3) is 5.19. The largest absolute Gasteiger partial charge is 0.481 e. The van der Waals surface area contributed by atoms with Crippen LogP contribution in [0.2, 0.25) is 10.0 Å². The van der Waals surface area contributed by atoms with E-state index in [0.29, 0.717) is 28.5 Å². The predicted octanol–water partition coefficient (Wildman–Crippen LogP) is 5.17. The number of hydrogen-bond donors (Lipinski definition) is 1. The lowest BCUT2D eigenvalue weighted by molar-refractivity contribution is -0.181. The Balaban J connectivity index is 2.18. The molecule has 0 aromatic heterocycles. The lowest BCUT2D eigenvalue weighted by atomic mass is 9.89. The van der Waals surface area contributed by atoms with Gasteiger partial charge >= 0.3 is 5.97 Å². The van der Waals surface area contributed by atoms with Crippen molar-refractivity contribution in [3.8, 4) is 6.07 Å². The van der Waals surface area contributed by atoms with Crippen LogP contribution in [0, 0.1) is 11.3 Å². The second-order valence-corrected chi connectivity index (χ2v) is 8.25. The number of aliphatic carboxylic acids is 1. The number of nitrogens with zero attached hydrogens (tertiary/aromatic N) is 2. The van der Waals surface area contributed by atoms with Gasteiger partial charge in [-0.05, 0) is 41.8 Å². The Bertz CT molecular complexity index is 990. The number of benzene rings is 2. The first-order chi connectivity index (χ1) is 14.8. The normalized spacial score (nSPS) is 22.1. The number of ether oxygens (including phenoxy) is 1. The second kappa shape index (κ2) is 10.1. The number of carbonyl (C=O) groups is 2. The number of amides is 1. The average molecular weight is 461 g/mol. The molecule has 31 heavy (non-hydrogen) atoms. The monoisotopic (exact) mass is 460 g/mol. The van der Waals surface area contributed by atoms with E-state index in [1.165, 1.54) is 4.90 Å². The van der Waals surface area contributed by atoms with Gasteiger partial charge in [0.25, 0.3) is 5.91 Å². The van der Waals surface area contributed by atoms with Crippen LogP contribution in [0.25, 0.3) is 0 Å². The van der Waals surface area contributed by atoms with Gasteiger partial charge in [0.05, 0.1) is 18.5 Å². The van der Waals surface area contributed by atoms with Crippen LogP contribution in [-0.4, -0.2) is 34.0 Å². The standard InChI is InChI=1S/C23H22Cl2N2O4/c1-2-4-18(13-26)27-21(14-7-9-16(24)10-8-14)22(15-5-3-6-17(25)11-15)31-19(23(27)30)12-20(28)29/h3,5-11,18-19,21-22H,2,4,12H2,1H3,(H,28,29)/t18-,19+,21-,22+/m1/s1. The molecule has 0 bridgehead atoms. The fourth-order valence-electron chi connectivity index (χ4n) is 3.88. The first-order valence-corrected chi connectivity index (χ1v) is 10.7. The molecule has 162 valence electrons. The summed E-state index contributed by atoms with van der Waals surface area (Å²) in [5, 5.41) is 20.2. The van der Waals surface area contributed by atoms with Gasteiger partial charge in [0.15, 0.2) is 0 Å². The molecule has 1 heterocycles. The molecule has 1 aliphatic rings. The molecular formula is C23H22Cl2N2O4. The highest BCUT2D eigenvalue weighted by atomic mass is 35.5. The van der Waals surface area contributed by atoms with Crippen molar-refractivity contribution >= 4 is 35.1 Å². The lowest BCUT2D eigenvalue weighted by Crippen LogP contribution is -2.55. The van der Waals surface area contributed by atoms with Crippen molar-refractivity contribution < 1.29 is 19.4 Å². The van der Waals surface area contributed by atoms with Gasteiger partial charge in [-0.15, -0.1) is 0 Å². The minimum Gasteiger partial charge on any atom is -0.481 e. The van der Waals surface area contributed by atoms with Gasteiger partial charge in [-0.3, -0.25) is 9.59 Å². The number of morpholine rings is 1. The Kier molecular flexibility index (Phi) is 7.55. The highest BCUT2D eigenvalue weighted by Gasteiger charge is 2.47. The van der Waals surface area contributed by atoms with Crippen LogP contribution >= 0.6 is 23.2 Å². The maximum Gasteiger partial charge on any atom is 0.306 e. The molecule has 1 saturated heterocycles. The molecule has 1 fully saturated rings. The van der Waals surface area contributed by atoms with E-state index in [4.69, 9.17) is 27.9 Å². The second-order valence-electron chi connectivity index (χ2n) is 7.37. The summed E-state index contributed by atoms with van der Waals surface area (Å²) >= 11 is 12.3. The van der Waals surface area contributed by atoms with Gasteiger partial charge in [-0.2, -0.15) is 5.26 Å². The van der Waals surface area contributed by atoms with Crippen LogP contribution < -0.4 is 0 Å². The summed E-state index contributed by atoms with van der Waals surface area (Å²) in [6.07, 6.45) is -1.28. The van der Waals surface area contributed by atoms with E-state index in [0.717, 1.165) is 5.56 Å². The summed E-state index contributed by atoms with van der Waals surface area (Å²) in [7, 11) is 0. The van der Waals surface area contributed by atoms with Crippen LogP contribution in [-0.2, 0) is 14.3 Å². The highest BCUT2D eigenvalue weighted by molar-refractivity contribution is 6.30. The third-order valence-corrected chi connectivity index (χ3v) is 5.71. The first-order valence-electron chi connectivity index (χ1n) is 9.95. The number of hydrogen-bond acceptors (Lipinski definition) is 4. The van der Waals surface area contributed by atoms with Crippen LogP contribution in [0.15, 0.2) is 48.5 Å². The lowest BCUT2D eigenvalue weighted by Gasteiger charge is -2.46. The number of carbonyl (C=O) groups excluding carboxylic acids is 1. The number of carboxylic acids is 1. The molecule has 4 atom stereocenters. The molecule has 0 spiro atoms. The summed E-state index contributed by atoms with van der Waals surface area (Å²) in [5.41, 5.74) is 1.42. The zero-order valence-electron chi connectivity index (χ0n) is 16.9. The first kappa shape index (κ1) is 23.1. The Morgan fingerprint density at radius 1 is 1.19 bits per heavy atom. The minimum atomic E-state index is -1.21. The third-order valence-electron chi connectivity index (χ3n) is 5.22. The van der Waals surface area contributed by atoms with Gasteiger partial charge in [0.1, 0.15) is 18.2 Å². The maximum absolute atomic E-state index is 13.4. The summed E-state index contributed by atoms with van der Waals surface area (Å²) < 4.78 is 6.08. The zero-order valence-corrected chi connectivity index (χ0v) is 18.4. The zero-order chi connectivity index (χ0) is 22.5. The van der Waals surface area contributed by atoms with Crippen molar-refractivity contribution in [2.45, 2.75) is 50.5 Å². The Hall–Kier alpha value is -2.59. The van der Waals surface area contributed by atoms with E-state index in [1.807, 2.05) is 13.0 Å². The minimum absolute atomic E-state index is 0.453. The van der Waals surface area contributed by atoms with Gasteiger partial charge in [-0.1, -0.05) is 60.8 Å². The van der Waals surface area contributed by atoms with Gasteiger partial charge in [0.2, 0.25) is 0 Å². The van der Waals surface area contributed by atoms with E-state index in [-0.39, 0.29) is 0 Å². The molecule has 2 aromatic rings. The number of carboxylic acid groups (broad SMARTS) is 1. The van der Waals surface area contributed by atoms with Crippen molar-refractivity contribution in [3.63, 3.8) is 0 Å². The predicted molar refractivity (Wildman–Crippen MR) is 117 cm³/mol. The van der Waals surface area contributed by atoms with Crippen molar-refractivity contribution in [3.05, 3.63) is 69.7 Å². The Morgan fingerprint density at radius 3 is 2.48 bits per heavy atom. The fourth-order valence-corrected chi connectivity index (χ4v) is 4.20. The van der Waals surface area contributed by atoms with E-state index in [9.17, 15) is 20.0 Å². The summed E-state index contributed by atoms with van der Waals surface area (Å²) in [6.45, 7) is 1.93. The molecule has 8 heteroatoms. The quantitative estimate of drug-likeness (QED) is 0.615.